The smallest absolute Gasteiger partial charge is 0.148 e. The van der Waals surface area contributed by atoms with Crippen LogP contribution in [-0.2, 0) is 0 Å². The van der Waals surface area contributed by atoms with Gasteiger partial charge in [-0.25, -0.2) is 0 Å². The average molecular weight is 207 g/mol. The molecule has 1 unspecified atom stereocenters. The number of rotatable bonds is 3. The van der Waals surface area contributed by atoms with Gasteiger partial charge in [0.15, 0.2) is 0 Å². The van der Waals surface area contributed by atoms with E-state index in [0.29, 0.717) is 11.3 Å². The second kappa shape index (κ2) is 4.60. The highest BCUT2D eigenvalue weighted by Gasteiger charge is 2.19. The van der Waals surface area contributed by atoms with E-state index in [2.05, 4.69) is 43.2 Å². The van der Waals surface area contributed by atoms with Crippen LogP contribution in [0.1, 0.15) is 33.4 Å². The second-order valence-electron chi connectivity index (χ2n) is 5.21. The van der Waals surface area contributed by atoms with Crippen molar-refractivity contribution in [2.24, 2.45) is 11.3 Å². The molecule has 0 aromatic carbocycles. The molecule has 1 N–H and O–H groups in total. The number of anilines is 1. The van der Waals surface area contributed by atoms with Crippen molar-refractivity contribution in [2.45, 2.75) is 34.6 Å². The van der Waals surface area contributed by atoms with Gasteiger partial charge in [0.2, 0.25) is 0 Å². The normalized spacial score (nSPS) is 13.7. The second-order valence-corrected chi connectivity index (χ2v) is 5.21. The molecule has 0 aliphatic carbocycles. The van der Waals surface area contributed by atoms with Crippen LogP contribution in [-0.4, -0.2) is 16.7 Å². The molecule has 3 nitrogen and oxygen atoms in total. The van der Waals surface area contributed by atoms with E-state index in [1.54, 1.807) is 0 Å². The minimum absolute atomic E-state index is 0.325. The standard InChI is InChI=1S/C12H21N3/c1-9(12(3,4)5)8-13-11-7-6-10(2)14-15-11/h6-7,9H,8H2,1-5H3,(H,13,15). The van der Waals surface area contributed by atoms with Gasteiger partial charge < -0.3 is 5.32 Å². The molecular weight excluding hydrogens is 186 g/mol. The largest absolute Gasteiger partial charge is 0.368 e. The van der Waals surface area contributed by atoms with E-state index in [4.69, 9.17) is 0 Å². The number of nitrogens with one attached hydrogen (secondary N) is 1. The number of nitrogens with zero attached hydrogens (tertiary/aromatic N) is 2. The first-order valence-corrected chi connectivity index (χ1v) is 5.44. The average Bonchev–Trinajstić information content (AvgIpc) is 2.15. The Morgan fingerprint density at radius 1 is 1.27 bits per heavy atom. The fourth-order valence-corrected chi connectivity index (χ4v) is 1.06. The van der Waals surface area contributed by atoms with Gasteiger partial charge >= 0.3 is 0 Å². The zero-order valence-corrected chi connectivity index (χ0v) is 10.3. The third-order valence-corrected chi connectivity index (χ3v) is 2.87. The highest BCUT2D eigenvalue weighted by Crippen LogP contribution is 2.25. The molecule has 0 fully saturated rings. The molecule has 0 saturated carbocycles. The Morgan fingerprint density at radius 2 is 1.93 bits per heavy atom. The summed E-state index contributed by atoms with van der Waals surface area (Å²) in [6.45, 7) is 11.9. The Balaban J connectivity index is 2.47. The van der Waals surface area contributed by atoms with Crippen LogP contribution in [0.3, 0.4) is 0 Å². The molecule has 0 radical (unpaired) electrons. The van der Waals surface area contributed by atoms with Crippen molar-refractivity contribution in [3.8, 4) is 0 Å². The van der Waals surface area contributed by atoms with Crippen molar-refractivity contribution in [3.05, 3.63) is 17.8 Å². The predicted octanol–water partition coefficient (Wildman–Crippen LogP) is 2.88. The maximum absolute atomic E-state index is 4.07. The van der Waals surface area contributed by atoms with E-state index in [-0.39, 0.29) is 0 Å². The third-order valence-electron chi connectivity index (χ3n) is 2.87. The minimum Gasteiger partial charge on any atom is -0.368 e. The minimum atomic E-state index is 0.325. The monoisotopic (exact) mass is 207 g/mol. The van der Waals surface area contributed by atoms with Gasteiger partial charge in [-0.3, -0.25) is 0 Å². The molecule has 1 rings (SSSR count). The van der Waals surface area contributed by atoms with Crippen LogP contribution in [0.2, 0.25) is 0 Å². The fourth-order valence-electron chi connectivity index (χ4n) is 1.06. The van der Waals surface area contributed by atoms with Gasteiger partial charge in [-0.05, 0) is 30.4 Å². The van der Waals surface area contributed by atoms with Crippen molar-refractivity contribution >= 4 is 5.82 Å². The first-order valence-electron chi connectivity index (χ1n) is 5.44. The van der Waals surface area contributed by atoms with Crippen LogP contribution < -0.4 is 5.32 Å². The van der Waals surface area contributed by atoms with Gasteiger partial charge in [0.25, 0.3) is 0 Å². The lowest BCUT2D eigenvalue weighted by molar-refractivity contribution is 0.274. The molecule has 1 aromatic rings. The maximum atomic E-state index is 4.07. The number of hydrogen-bond donors (Lipinski definition) is 1. The van der Waals surface area contributed by atoms with Gasteiger partial charge in [-0.1, -0.05) is 27.7 Å². The molecular formula is C12H21N3. The van der Waals surface area contributed by atoms with Crippen molar-refractivity contribution in [1.82, 2.24) is 10.2 Å². The first kappa shape index (κ1) is 12.0. The third kappa shape index (κ3) is 3.86. The zero-order valence-electron chi connectivity index (χ0n) is 10.3. The lowest BCUT2D eigenvalue weighted by Gasteiger charge is -2.27. The molecule has 1 atom stereocenters. The van der Waals surface area contributed by atoms with Gasteiger partial charge in [0.1, 0.15) is 5.82 Å². The molecule has 84 valence electrons. The Kier molecular flexibility index (Phi) is 3.66. The van der Waals surface area contributed by atoms with Crippen molar-refractivity contribution in [1.29, 1.82) is 0 Å². The number of aryl methyl sites for hydroxylation is 1. The Hall–Kier alpha value is -1.12. The van der Waals surface area contributed by atoms with Crippen LogP contribution in [0, 0.1) is 18.3 Å². The highest BCUT2D eigenvalue weighted by molar-refractivity contribution is 5.32. The molecule has 0 saturated heterocycles. The van der Waals surface area contributed by atoms with Crippen LogP contribution in [0.15, 0.2) is 12.1 Å². The van der Waals surface area contributed by atoms with Gasteiger partial charge in [-0.2, -0.15) is 5.10 Å². The summed E-state index contributed by atoms with van der Waals surface area (Å²) in [5.74, 6) is 1.46. The van der Waals surface area contributed by atoms with Crippen molar-refractivity contribution < 1.29 is 0 Å². The summed E-state index contributed by atoms with van der Waals surface area (Å²) in [6.07, 6.45) is 0. The topological polar surface area (TPSA) is 37.8 Å². The summed E-state index contributed by atoms with van der Waals surface area (Å²) in [4.78, 5) is 0. The quantitative estimate of drug-likeness (QED) is 0.828. The van der Waals surface area contributed by atoms with E-state index in [1.165, 1.54) is 0 Å². The van der Waals surface area contributed by atoms with Crippen molar-refractivity contribution in [3.63, 3.8) is 0 Å². The molecule has 0 amide bonds. The lowest BCUT2D eigenvalue weighted by Crippen LogP contribution is -2.25. The summed E-state index contributed by atoms with van der Waals surface area (Å²) in [6, 6.07) is 3.94. The molecule has 0 aliphatic rings. The Morgan fingerprint density at radius 3 is 2.40 bits per heavy atom. The maximum Gasteiger partial charge on any atom is 0.148 e. The first-order chi connectivity index (χ1) is 6.89. The molecule has 0 spiro atoms. The Labute approximate surface area is 92.3 Å². The predicted molar refractivity (Wildman–Crippen MR) is 63.9 cm³/mol. The fraction of sp³-hybridized carbons (Fsp3) is 0.667. The summed E-state index contributed by atoms with van der Waals surface area (Å²) >= 11 is 0. The van der Waals surface area contributed by atoms with E-state index in [9.17, 15) is 0 Å². The van der Waals surface area contributed by atoms with Gasteiger partial charge in [0, 0.05) is 6.54 Å². The number of hydrogen-bond acceptors (Lipinski definition) is 3. The summed E-state index contributed by atoms with van der Waals surface area (Å²) < 4.78 is 0. The van der Waals surface area contributed by atoms with E-state index in [1.807, 2.05) is 19.1 Å². The summed E-state index contributed by atoms with van der Waals surface area (Å²) in [5, 5.41) is 11.4. The molecule has 1 aromatic heterocycles. The van der Waals surface area contributed by atoms with E-state index >= 15 is 0 Å². The summed E-state index contributed by atoms with van der Waals surface area (Å²) in [7, 11) is 0. The Bertz CT molecular complexity index is 298. The zero-order chi connectivity index (χ0) is 11.5. The molecule has 0 bridgehead atoms. The highest BCUT2D eigenvalue weighted by atomic mass is 15.2. The molecule has 15 heavy (non-hydrogen) atoms. The van der Waals surface area contributed by atoms with Crippen LogP contribution >= 0.6 is 0 Å². The van der Waals surface area contributed by atoms with Crippen LogP contribution in [0.25, 0.3) is 0 Å². The lowest BCUT2D eigenvalue weighted by atomic mass is 9.82. The molecule has 0 aliphatic heterocycles. The van der Waals surface area contributed by atoms with Gasteiger partial charge in [0.05, 0.1) is 5.69 Å². The number of aromatic nitrogens is 2. The SMILES string of the molecule is Cc1ccc(NCC(C)C(C)(C)C)nn1. The van der Waals surface area contributed by atoms with Crippen LogP contribution in [0.5, 0.6) is 0 Å². The molecule has 1 heterocycles. The van der Waals surface area contributed by atoms with E-state index in [0.717, 1.165) is 18.1 Å². The van der Waals surface area contributed by atoms with E-state index < -0.39 is 0 Å². The van der Waals surface area contributed by atoms with Crippen LogP contribution in [0.4, 0.5) is 5.82 Å². The van der Waals surface area contributed by atoms with Gasteiger partial charge in [-0.15, -0.1) is 5.10 Å². The summed E-state index contributed by atoms with van der Waals surface area (Å²) in [5.41, 5.74) is 1.27. The van der Waals surface area contributed by atoms with Crippen molar-refractivity contribution in [2.75, 3.05) is 11.9 Å². The molecule has 3 heteroatoms.